The number of halogens is 2. The van der Waals surface area contributed by atoms with Gasteiger partial charge in [0, 0.05) is 22.4 Å². The molecule has 0 radical (unpaired) electrons. The summed E-state index contributed by atoms with van der Waals surface area (Å²) in [5.74, 6) is 0.369. The van der Waals surface area contributed by atoms with Crippen LogP contribution in [-0.4, -0.2) is 17.7 Å². The third-order valence-electron chi connectivity index (χ3n) is 2.56. The fourth-order valence-electron chi connectivity index (χ4n) is 1.33. The molecule has 1 aromatic carbocycles. The lowest BCUT2D eigenvalue weighted by molar-refractivity contribution is -0.119. The quantitative estimate of drug-likeness (QED) is 0.866. The van der Waals surface area contributed by atoms with Gasteiger partial charge in [-0.1, -0.05) is 24.6 Å². The Balaban J connectivity index is 2.40. The number of carbonyl (C=O) groups is 1. The molecule has 0 fully saturated rings. The highest BCUT2D eigenvalue weighted by atomic mass is 35.5. The van der Waals surface area contributed by atoms with Gasteiger partial charge in [0.25, 0.3) is 0 Å². The van der Waals surface area contributed by atoms with Crippen molar-refractivity contribution in [3.05, 3.63) is 34.6 Å². The third-order valence-corrected chi connectivity index (χ3v) is 3.87. The fraction of sp³-hybridized carbons (Fsp3) is 0.462. The molecule has 1 amide bonds. The fourth-order valence-corrected chi connectivity index (χ4v) is 2.51. The lowest BCUT2D eigenvalue weighted by Gasteiger charge is -2.11. The van der Waals surface area contributed by atoms with Crippen LogP contribution in [0, 0.1) is 5.82 Å². The van der Waals surface area contributed by atoms with Crippen LogP contribution in [-0.2, 0) is 10.5 Å². The van der Waals surface area contributed by atoms with E-state index in [1.807, 2.05) is 13.8 Å². The van der Waals surface area contributed by atoms with Crippen molar-refractivity contribution in [2.45, 2.75) is 32.1 Å². The van der Waals surface area contributed by atoms with E-state index >= 15 is 0 Å². The van der Waals surface area contributed by atoms with Gasteiger partial charge < -0.3 is 5.32 Å². The lowest BCUT2D eigenvalue weighted by Crippen LogP contribution is -2.33. The molecule has 0 heterocycles. The normalized spacial score (nSPS) is 12.2. The van der Waals surface area contributed by atoms with Gasteiger partial charge in [-0.25, -0.2) is 4.39 Å². The van der Waals surface area contributed by atoms with E-state index in [0.717, 1.165) is 6.42 Å². The average Bonchev–Trinajstić information content (AvgIpc) is 2.32. The molecule has 1 N–H and O–H groups in total. The first-order chi connectivity index (χ1) is 8.54. The van der Waals surface area contributed by atoms with Gasteiger partial charge in [0.1, 0.15) is 5.82 Å². The van der Waals surface area contributed by atoms with Crippen molar-refractivity contribution >= 4 is 29.3 Å². The van der Waals surface area contributed by atoms with Crippen LogP contribution < -0.4 is 5.32 Å². The standard InChI is InChI=1S/C13H17ClFNOS/c1-3-9(2)16-13(17)8-18-7-10-11(14)5-4-6-12(10)15/h4-6,9H,3,7-8H2,1-2H3,(H,16,17). The summed E-state index contributed by atoms with van der Waals surface area (Å²) in [6.07, 6.45) is 0.898. The van der Waals surface area contributed by atoms with Crippen molar-refractivity contribution in [3.8, 4) is 0 Å². The summed E-state index contributed by atoms with van der Waals surface area (Å²) in [7, 11) is 0. The first kappa shape index (κ1) is 15.3. The summed E-state index contributed by atoms with van der Waals surface area (Å²) < 4.78 is 13.4. The number of hydrogen-bond donors (Lipinski definition) is 1. The molecule has 0 saturated carbocycles. The Morgan fingerprint density at radius 3 is 2.89 bits per heavy atom. The SMILES string of the molecule is CCC(C)NC(=O)CSCc1c(F)cccc1Cl. The van der Waals surface area contributed by atoms with Gasteiger partial charge in [0.05, 0.1) is 5.75 Å². The zero-order valence-corrected chi connectivity index (χ0v) is 12.1. The number of carbonyl (C=O) groups excluding carboxylic acids is 1. The van der Waals surface area contributed by atoms with E-state index in [-0.39, 0.29) is 17.8 Å². The molecule has 1 aromatic rings. The van der Waals surface area contributed by atoms with Crippen molar-refractivity contribution in [2.24, 2.45) is 0 Å². The Labute approximate surface area is 116 Å². The van der Waals surface area contributed by atoms with E-state index < -0.39 is 0 Å². The van der Waals surface area contributed by atoms with Crippen LogP contribution in [0.3, 0.4) is 0 Å². The highest BCUT2D eigenvalue weighted by molar-refractivity contribution is 7.99. The number of nitrogens with one attached hydrogen (secondary N) is 1. The van der Waals surface area contributed by atoms with Gasteiger partial charge in [-0.2, -0.15) is 0 Å². The Bertz CT molecular complexity index is 394. The van der Waals surface area contributed by atoms with Gasteiger partial charge in [0.2, 0.25) is 5.91 Å². The number of thioether (sulfide) groups is 1. The maximum absolute atomic E-state index is 13.4. The predicted octanol–water partition coefficient (Wildman–Crippen LogP) is 3.63. The first-order valence-corrected chi connectivity index (χ1v) is 7.37. The van der Waals surface area contributed by atoms with Gasteiger partial charge in [-0.05, 0) is 25.5 Å². The Hall–Kier alpha value is -0.740. The van der Waals surface area contributed by atoms with Crippen LogP contribution >= 0.6 is 23.4 Å². The van der Waals surface area contributed by atoms with Gasteiger partial charge in [0.15, 0.2) is 0 Å². The average molecular weight is 290 g/mol. The van der Waals surface area contributed by atoms with Crippen molar-refractivity contribution in [1.29, 1.82) is 0 Å². The summed E-state index contributed by atoms with van der Waals surface area (Å²) in [5.41, 5.74) is 0.459. The van der Waals surface area contributed by atoms with E-state index in [4.69, 9.17) is 11.6 Å². The molecule has 1 unspecified atom stereocenters. The molecule has 5 heteroatoms. The van der Waals surface area contributed by atoms with E-state index in [1.165, 1.54) is 17.8 Å². The molecule has 1 atom stereocenters. The second-order valence-corrected chi connectivity index (χ2v) is 5.46. The molecule has 0 saturated heterocycles. The molecular weight excluding hydrogens is 273 g/mol. The minimum Gasteiger partial charge on any atom is -0.353 e. The zero-order valence-electron chi connectivity index (χ0n) is 10.5. The number of rotatable bonds is 6. The highest BCUT2D eigenvalue weighted by Crippen LogP contribution is 2.23. The van der Waals surface area contributed by atoms with E-state index in [9.17, 15) is 9.18 Å². The molecule has 100 valence electrons. The lowest BCUT2D eigenvalue weighted by atomic mass is 10.2. The van der Waals surface area contributed by atoms with Crippen LogP contribution in [0.4, 0.5) is 4.39 Å². The monoisotopic (exact) mass is 289 g/mol. The molecular formula is C13H17ClFNOS. The van der Waals surface area contributed by atoms with Crippen LogP contribution in [0.5, 0.6) is 0 Å². The molecule has 2 nitrogen and oxygen atoms in total. The molecule has 0 aliphatic rings. The minimum absolute atomic E-state index is 0.0261. The largest absolute Gasteiger partial charge is 0.353 e. The maximum Gasteiger partial charge on any atom is 0.230 e. The van der Waals surface area contributed by atoms with Crippen LogP contribution in [0.15, 0.2) is 18.2 Å². The molecule has 0 aromatic heterocycles. The Morgan fingerprint density at radius 2 is 2.28 bits per heavy atom. The molecule has 1 rings (SSSR count). The maximum atomic E-state index is 13.4. The van der Waals surface area contributed by atoms with Crippen molar-refractivity contribution in [2.75, 3.05) is 5.75 Å². The molecule has 0 spiro atoms. The highest BCUT2D eigenvalue weighted by Gasteiger charge is 2.09. The first-order valence-electron chi connectivity index (χ1n) is 5.84. The van der Waals surface area contributed by atoms with Crippen LogP contribution in [0.2, 0.25) is 5.02 Å². The van der Waals surface area contributed by atoms with Crippen molar-refractivity contribution < 1.29 is 9.18 Å². The summed E-state index contributed by atoms with van der Waals surface area (Å²) in [6.45, 7) is 3.97. The summed E-state index contributed by atoms with van der Waals surface area (Å²) in [4.78, 5) is 11.5. The van der Waals surface area contributed by atoms with Gasteiger partial charge in [-0.15, -0.1) is 11.8 Å². The van der Waals surface area contributed by atoms with E-state index in [1.54, 1.807) is 12.1 Å². The Morgan fingerprint density at radius 1 is 1.56 bits per heavy atom. The van der Waals surface area contributed by atoms with Crippen LogP contribution in [0.1, 0.15) is 25.8 Å². The molecule has 0 aliphatic carbocycles. The summed E-state index contributed by atoms with van der Waals surface area (Å²) in [6, 6.07) is 4.78. The number of benzene rings is 1. The van der Waals surface area contributed by atoms with E-state index in [0.29, 0.717) is 22.1 Å². The van der Waals surface area contributed by atoms with Gasteiger partial charge in [-0.3, -0.25) is 4.79 Å². The number of hydrogen-bond acceptors (Lipinski definition) is 2. The van der Waals surface area contributed by atoms with E-state index in [2.05, 4.69) is 5.32 Å². The number of amides is 1. The summed E-state index contributed by atoms with van der Waals surface area (Å²) >= 11 is 7.26. The van der Waals surface area contributed by atoms with Crippen molar-refractivity contribution in [3.63, 3.8) is 0 Å². The zero-order chi connectivity index (χ0) is 13.5. The molecule has 18 heavy (non-hydrogen) atoms. The second kappa shape index (κ2) is 7.64. The smallest absolute Gasteiger partial charge is 0.230 e. The summed E-state index contributed by atoms with van der Waals surface area (Å²) in [5, 5.41) is 3.27. The van der Waals surface area contributed by atoms with Gasteiger partial charge >= 0.3 is 0 Å². The minimum atomic E-state index is -0.322. The molecule has 0 aliphatic heterocycles. The van der Waals surface area contributed by atoms with Crippen molar-refractivity contribution in [1.82, 2.24) is 5.32 Å². The second-order valence-electron chi connectivity index (χ2n) is 4.07. The molecule has 0 bridgehead atoms. The third kappa shape index (κ3) is 4.86. The topological polar surface area (TPSA) is 29.1 Å². The van der Waals surface area contributed by atoms with Crippen LogP contribution in [0.25, 0.3) is 0 Å². The predicted molar refractivity (Wildman–Crippen MR) is 75.5 cm³/mol. The Kier molecular flexibility index (Phi) is 6.50.